The molecule has 3 saturated carbocycles. The van der Waals surface area contributed by atoms with Crippen LogP contribution in [0.2, 0.25) is 0 Å². The smallest absolute Gasteiger partial charge is 0.352 e. The first-order chi connectivity index (χ1) is 24.2. The number of para-hydroxylation sites is 1. The quantitative estimate of drug-likeness (QED) is 0.172. The van der Waals surface area contributed by atoms with Gasteiger partial charge in [-0.25, -0.2) is 23.5 Å². The third kappa shape index (κ3) is 4.56. The number of hydrogen-bond donors (Lipinski definition) is 0. The van der Waals surface area contributed by atoms with E-state index in [1.807, 2.05) is 39.7 Å². The van der Waals surface area contributed by atoms with Gasteiger partial charge < -0.3 is 18.9 Å². The Hall–Kier alpha value is -1.73. The predicted octanol–water partition coefficient (Wildman–Crippen LogP) is 6.91. The van der Waals surface area contributed by atoms with Crippen molar-refractivity contribution in [2.45, 2.75) is 134 Å². The molecule has 2 spiro atoms. The number of nitrogens with zero attached hydrogens (tertiary/aromatic N) is 3. The molecule has 1 aromatic carbocycles. The number of aromatic nitrogens is 3. The normalized spacial score (nSPS) is 43.9. The van der Waals surface area contributed by atoms with Crippen molar-refractivity contribution in [1.29, 1.82) is 0 Å². The van der Waals surface area contributed by atoms with E-state index >= 15 is 9.59 Å². The average molecular weight is 800 g/mol. The van der Waals surface area contributed by atoms with Crippen LogP contribution in [0.3, 0.4) is 0 Å². The van der Waals surface area contributed by atoms with Gasteiger partial charge in [-0.05, 0) is 105 Å². The zero-order valence-corrected chi connectivity index (χ0v) is 32.1. The largest absolute Gasteiger partial charge is 0.353 e. The molecule has 10 rings (SSSR count). The lowest BCUT2D eigenvalue weighted by molar-refractivity contribution is -0.301. The Morgan fingerprint density at radius 2 is 1.56 bits per heavy atom. The summed E-state index contributed by atoms with van der Waals surface area (Å²) in [6, 6.07) is 9.52. The minimum absolute atomic E-state index is 0.0514. The number of fused-ring (bicyclic) bond motifs is 1. The molecule has 8 aliphatic rings. The highest BCUT2D eigenvalue weighted by Gasteiger charge is 2.77. The fraction of sp³-hybridized carbons (Fsp3) is 0.750. The van der Waals surface area contributed by atoms with Crippen molar-refractivity contribution < 1.29 is 18.9 Å². The van der Waals surface area contributed by atoms with Gasteiger partial charge in [0.15, 0.2) is 12.6 Å². The zero-order chi connectivity index (χ0) is 34.5. The van der Waals surface area contributed by atoms with Gasteiger partial charge in [0.1, 0.15) is 0 Å². The van der Waals surface area contributed by atoms with Crippen LogP contribution in [0.5, 0.6) is 0 Å². The SMILES string of the molecule is C[C@H](CI)[C@H]1CC[C@@H]2[C@]1(C)CC[C@H]1[C@@]23C=C[C@]2(C[C@@H](OC4CCCCO4)C[C@H](OC4CCCCO4)[C@]12C)n1c(=O)n(-c2ccccc2)c(=O)n13. The van der Waals surface area contributed by atoms with Crippen molar-refractivity contribution in [3.63, 3.8) is 0 Å². The lowest BCUT2D eigenvalue weighted by atomic mass is 9.40. The molecule has 50 heavy (non-hydrogen) atoms. The molecule has 5 fully saturated rings. The maximum absolute atomic E-state index is 15.2. The number of hydrogen-bond acceptors (Lipinski definition) is 6. The molecule has 2 unspecified atom stereocenters. The summed E-state index contributed by atoms with van der Waals surface area (Å²) in [4.78, 5) is 30.4. The number of benzene rings is 1. The summed E-state index contributed by atoms with van der Waals surface area (Å²) in [5.74, 6) is 1.49. The fourth-order valence-corrected chi connectivity index (χ4v) is 13.5. The molecule has 9 nitrogen and oxygen atoms in total. The third-order valence-corrected chi connectivity index (χ3v) is 16.4. The molecule has 5 heterocycles. The van der Waals surface area contributed by atoms with E-state index in [9.17, 15) is 0 Å². The third-order valence-electron chi connectivity index (χ3n) is 15.0. The summed E-state index contributed by atoms with van der Waals surface area (Å²) in [7, 11) is 0. The van der Waals surface area contributed by atoms with Gasteiger partial charge in [0.25, 0.3) is 0 Å². The van der Waals surface area contributed by atoms with Crippen LogP contribution in [0.4, 0.5) is 0 Å². The summed E-state index contributed by atoms with van der Waals surface area (Å²) in [6.07, 6.45) is 15.4. The van der Waals surface area contributed by atoms with Gasteiger partial charge >= 0.3 is 11.4 Å². The number of allylic oxidation sites excluding steroid dienone is 2. The van der Waals surface area contributed by atoms with Crippen molar-refractivity contribution in [2.24, 2.45) is 34.5 Å². The number of ether oxygens (including phenoxy) is 4. The molecule has 2 saturated heterocycles. The van der Waals surface area contributed by atoms with E-state index in [1.165, 1.54) is 4.57 Å². The molecule has 272 valence electrons. The van der Waals surface area contributed by atoms with E-state index in [0.717, 1.165) is 68.6 Å². The highest BCUT2D eigenvalue weighted by atomic mass is 127. The van der Waals surface area contributed by atoms with E-state index < -0.39 is 16.5 Å². The van der Waals surface area contributed by atoms with Crippen LogP contribution in [0.1, 0.15) is 97.8 Å². The van der Waals surface area contributed by atoms with Crippen LogP contribution < -0.4 is 11.4 Å². The second kappa shape index (κ2) is 12.4. The second-order valence-corrected chi connectivity index (χ2v) is 18.0. The lowest BCUT2D eigenvalue weighted by Gasteiger charge is -2.72. The van der Waals surface area contributed by atoms with Gasteiger partial charge in [0.05, 0.1) is 29.0 Å². The van der Waals surface area contributed by atoms with Crippen LogP contribution in [0.15, 0.2) is 52.1 Å². The molecule has 0 N–H and O–H groups in total. The Morgan fingerprint density at radius 1 is 0.860 bits per heavy atom. The van der Waals surface area contributed by atoms with E-state index in [1.54, 1.807) is 0 Å². The maximum atomic E-state index is 15.2. The summed E-state index contributed by atoms with van der Waals surface area (Å²) in [6.45, 7) is 8.74. The lowest BCUT2D eigenvalue weighted by Crippen LogP contribution is -2.79. The van der Waals surface area contributed by atoms with Crippen LogP contribution in [-0.2, 0) is 30.0 Å². The molecule has 4 aliphatic heterocycles. The second-order valence-electron chi connectivity index (χ2n) is 17.2. The standard InChI is InChI=1S/C40H54IN3O6/c1-26(25-41)29-15-16-30-37(29,2)18-17-31-38(3)32(50-34-14-8-10-22-48-34)23-28(49-33-13-7-9-21-47-33)24-39(38)19-20-40(30,31)44-36(46)42(35(45)43(39)44)27-11-5-4-6-12-27/h4-6,11-12,19-20,26,28-34H,7-10,13-18,21-25H2,1-3H3/t26-,28+,29-,30-,31-,32+,33?,34?,37-,38+,39-,40-/m1/s1. The molecule has 12 atom stereocenters. The Kier molecular flexibility index (Phi) is 8.46. The summed E-state index contributed by atoms with van der Waals surface area (Å²) < 4.78 is 33.0. The van der Waals surface area contributed by atoms with Crippen molar-refractivity contribution in [3.05, 3.63) is 63.5 Å². The van der Waals surface area contributed by atoms with Crippen molar-refractivity contribution in [2.75, 3.05) is 17.6 Å². The van der Waals surface area contributed by atoms with E-state index in [0.29, 0.717) is 43.6 Å². The highest BCUT2D eigenvalue weighted by molar-refractivity contribution is 14.1. The van der Waals surface area contributed by atoms with Gasteiger partial charge in [-0.2, -0.15) is 0 Å². The molecule has 2 aromatic rings. The van der Waals surface area contributed by atoms with Crippen molar-refractivity contribution >= 4 is 22.6 Å². The first-order valence-corrected chi connectivity index (χ1v) is 21.1. The van der Waals surface area contributed by atoms with Gasteiger partial charge in [-0.15, -0.1) is 0 Å². The zero-order valence-electron chi connectivity index (χ0n) is 29.9. The average Bonchev–Trinajstić information content (AvgIpc) is 3.64. The van der Waals surface area contributed by atoms with Crippen LogP contribution >= 0.6 is 22.6 Å². The molecule has 10 heteroatoms. The number of rotatable bonds is 7. The summed E-state index contributed by atoms with van der Waals surface area (Å²) in [5, 5.41) is 0. The summed E-state index contributed by atoms with van der Waals surface area (Å²) in [5.41, 5.74) is -1.77. The van der Waals surface area contributed by atoms with Crippen LogP contribution in [0.25, 0.3) is 5.69 Å². The van der Waals surface area contributed by atoms with Crippen LogP contribution in [0, 0.1) is 34.5 Å². The molecular formula is C40H54IN3O6. The molecular weight excluding hydrogens is 745 g/mol. The molecule has 0 amide bonds. The monoisotopic (exact) mass is 799 g/mol. The molecule has 4 aliphatic carbocycles. The number of halogens is 1. The Bertz CT molecular complexity index is 1740. The topological polar surface area (TPSA) is 85.8 Å². The van der Waals surface area contributed by atoms with E-state index in [2.05, 4.69) is 55.5 Å². The van der Waals surface area contributed by atoms with Crippen molar-refractivity contribution in [3.8, 4) is 5.69 Å². The predicted molar refractivity (Wildman–Crippen MR) is 199 cm³/mol. The van der Waals surface area contributed by atoms with Gasteiger partial charge in [0, 0.05) is 35.9 Å². The van der Waals surface area contributed by atoms with Crippen LogP contribution in [-0.4, -0.2) is 56.4 Å². The minimum Gasteiger partial charge on any atom is -0.353 e. The maximum Gasteiger partial charge on any atom is 0.352 e. The number of alkyl halides is 1. The highest BCUT2D eigenvalue weighted by Crippen LogP contribution is 2.74. The van der Waals surface area contributed by atoms with Gasteiger partial charge in [-0.3, -0.25) is 0 Å². The Morgan fingerprint density at radius 3 is 2.24 bits per heavy atom. The first-order valence-electron chi connectivity index (χ1n) is 19.5. The minimum atomic E-state index is -0.826. The van der Waals surface area contributed by atoms with Gasteiger partial charge in [0.2, 0.25) is 0 Å². The first kappa shape index (κ1) is 34.1. The molecule has 1 aromatic heterocycles. The van der Waals surface area contributed by atoms with Gasteiger partial charge in [-0.1, -0.05) is 73.7 Å². The Balaban J connectivity index is 1.27. The summed E-state index contributed by atoms with van der Waals surface area (Å²) >= 11 is 2.56. The van der Waals surface area contributed by atoms with Crippen molar-refractivity contribution in [1.82, 2.24) is 13.9 Å². The molecule has 0 radical (unpaired) electrons. The molecule has 2 bridgehead atoms. The van der Waals surface area contributed by atoms with E-state index in [4.69, 9.17) is 18.9 Å². The fourth-order valence-electron chi connectivity index (χ4n) is 12.8. The van der Waals surface area contributed by atoms with E-state index in [-0.39, 0.29) is 53.4 Å². The Labute approximate surface area is 309 Å².